The molecular weight excluding hydrogens is 308 g/mol. The molecule has 0 bridgehead atoms. The van der Waals surface area contributed by atoms with E-state index in [4.69, 9.17) is 11.6 Å². The molecule has 1 aliphatic heterocycles. The van der Waals surface area contributed by atoms with Crippen LogP contribution in [-0.2, 0) is 0 Å². The van der Waals surface area contributed by atoms with Gasteiger partial charge in [0.1, 0.15) is 0 Å². The molecule has 1 heterocycles. The highest BCUT2D eigenvalue weighted by molar-refractivity contribution is 6.30. The van der Waals surface area contributed by atoms with Crippen molar-refractivity contribution < 1.29 is 4.79 Å². The minimum absolute atomic E-state index is 0.122. The Bertz CT molecular complexity index is 680. The predicted molar refractivity (Wildman–Crippen MR) is 94.9 cm³/mol. The van der Waals surface area contributed by atoms with Crippen molar-refractivity contribution >= 4 is 17.5 Å². The summed E-state index contributed by atoms with van der Waals surface area (Å²) in [6.45, 7) is 1.64. The summed E-state index contributed by atoms with van der Waals surface area (Å²) >= 11 is 5.92. The number of rotatable bonds is 3. The topological polar surface area (TPSA) is 23.6 Å². The number of benzene rings is 2. The number of nitrogens with zero attached hydrogens (tertiary/aromatic N) is 2. The van der Waals surface area contributed by atoms with Gasteiger partial charge in [-0.3, -0.25) is 4.79 Å². The molecule has 1 fully saturated rings. The van der Waals surface area contributed by atoms with Crippen molar-refractivity contribution in [3.05, 3.63) is 59.1 Å². The number of likely N-dealkylation sites (tertiary alicyclic amines) is 1. The van der Waals surface area contributed by atoms with E-state index in [0.29, 0.717) is 6.04 Å². The van der Waals surface area contributed by atoms with Crippen LogP contribution in [0, 0.1) is 0 Å². The molecule has 0 aromatic heterocycles. The second-order valence-electron chi connectivity index (χ2n) is 6.24. The lowest BCUT2D eigenvalue weighted by Crippen LogP contribution is -2.34. The van der Waals surface area contributed by atoms with E-state index in [1.54, 1.807) is 0 Å². The maximum Gasteiger partial charge on any atom is 0.253 e. The second kappa shape index (κ2) is 6.73. The molecule has 2 aromatic carbocycles. The van der Waals surface area contributed by atoms with Crippen LogP contribution in [0.15, 0.2) is 48.5 Å². The highest BCUT2D eigenvalue weighted by Gasteiger charge is 2.27. The van der Waals surface area contributed by atoms with Crippen molar-refractivity contribution in [2.75, 3.05) is 27.2 Å². The first-order chi connectivity index (χ1) is 11.0. The Balaban J connectivity index is 1.72. The molecule has 0 aliphatic carbocycles. The average Bonchev–Trinajstić information content (AvgIpc) is 3.05. The summed E-state index contributed by atoms with van der Waals surface area (Å²) < 4.78 is 0. The molecule has 1 saturated heterocycles. The van der Waals surface area contributed by atoms with E-state index in [1.165, 1.54) is 0 Å². The zero-order valence-corrected chi connectivity index (χ0v) is 14.3. The fraction of sp³-hybridized carbons (Fsp3) is 0.316. The van der Waals surface area contributed by atoms with Gasteiger partial charge in [-0.25, -0.2) is 0 Å². The van der Waals surface area contributed by atoms with Crippen LogP contribution in [0.1, 0.15) is 16.8 Å². The zero-order valence-electron chi connectivity index (χ0n) is 13.5. The van der Waals surface area contributed by atoms with E-state index >= 15 is 0 Å². The quantitative estimate of drug-likeness (QED) is 0.856. The lowest BCUT2D eigenvalue weighted by Gasteiger charge is -2.20. The standard InChI is InChI=1S/C19H21ClN2O/c1-21(2)18-11-12-22(13-18)19(23)16-5-3-14(4-6-16)15-7-9-17(20)10-8-15/h3-10,18H,11-13H2,1-2H3. The van der Waals surface area contributed by atoms with E-state index in [-0.39, 0.29) is 5.91 Å². The van der Waals surface area contributed by atoms with Gasteiger partial charge in [-0.05, 0) is 55.9 Å². The van der Waals surface area contributed by atoms with Crippen LogP contribution in [0.25, 0.3) is 11.1 Å². The number of hydrogen-bond acceptors (Lipinski definition) is 2. The summed E-state index contributed by atoms with van der Waals surface area (Å²) in [7, 11) is 4.14. The first-order valence-corrected chi connectivity index (χ1v) is 8.24. The summed E-state index contributed by atoms with van der Waals surface area (Å²) in [5, 5.41) is 0.727. The number of halogens is 1. The highest BCUT2D eigenvalue weighted by Crippen LogP contribution is 2.23. The Morgan fingerprint density at radius 3 is 2.13 bits per heavy atom. The van der Waals surface area contributed by atoms with Crippen molar-refractivity contribution in [3.63, 3.8) is 0 Å². The average molecular weight is 329 g/mol. The van der Waals surface area contributed by atoms with Crippen LogP contribution >= 0.6 is 11.6 Å². The Kier molecular flexibility index (Phi) is 4.69. The third-order valence-corrected chi connectivity index (χ3v) is 4.74. The normalized spacial score (nSPS) is 17.7. The van der Waals surface area contributed by atoms with Gasteiger partial charge < -0.3 is 9.80 Å². The molecule has 1 unspecified atom stereocenters. The van der Waals surface area contributed by atoms with Crippen molar-refractivity contribution in [1.82, 2.24) is 9.80 Å². The third-order valence-electron chi connectivity index (χ3n) is 4.49. The summed E-state index contributed by atoms with van der Waals surface area (Å²) in [6, 6.07) is 16.0. The van der Waals surface area contributed by atoms with Crippen LogP contribution in [-0.4, -0.2) is 48.9 Å². The number of carbonyl (C=O) groups is 1. The van der Waals surface area contributed by atoms with E-state index in [2.05, 4.69) is 19.0 Å². The van der Waals surface area contributed by atoms with Crippen LogP contribution in [0.4, 0.5) is 0 Å². The van der Waals surface area contributed by atoms with Gasteiger partial charge in [0.15, 0.2) is 0 Å². The first-order valence-electron chi connectivity index (χ1n) is 7.86. The SMILES string of the molecule is CN(C)C1CCN(C(=O)c2ccc(-c3ccc(Cl)cc3)cc2)C1. The summed E-state index contributed by atoms with van der Waals surface area (Å²) in [4.78, 5) is 16.7. The fourth-order valence-electron chi connectivity index (χ4n) is 2.98. The molecule has 0 N–H and O–H groups in total. The molecule has 2 aromatic rings. The molecule has 0 radical (unpaired) electrons. The summed E-state index contributed by atoms with van der Waals surface area (Å²) in [5.41, 5.74) is 2.94. The van der Waals surface area contributed by atoms with Gasteiger partial charge >= 0.3 is 0 Å². The molecule has 3 nitrogen and oxygen atoms in total. The Morgan fingerprint density at radius 1 is 1.04 bits per heavy atom. The van der Waals surface area contributed by atoms with Gasteiger partial charge in [0.2, 0.25) is 0 Å². The van der Waals surface area contributed by atoms with E-state index in [9.17, 15) is 4.79 Å². The van der Waals surface area contributed by atoms with Gasteiger partial charge in [0.05, 0.1) is 0 Å². The summed E-state index contributed by atoms with van der Waals surface area (Å²) in [6.07, 6.45) is 1.04. The van der Waals surface area contributed by atoms with E-state index in [0.717, 1.165) is 41.2 Å². The third kappa shape index (κ3) is 3.57. The second-order valence-corrected chi connectivity index (χ2v) is 6.68. The fourth-order valence-corrected chi connectivity index (χ4v) is 3.10. The van der Waals surface area contributed by atoms with Crippen molar-refractivity contribution in [2.45, 2.75) is 12.5 Å². The molecule has 0 spiro atoms. The molecule has 1 atom stereocenters. The molecule has 1 aliphatic rings. The lowest BCUT2D eigenvalue weighted by molar-refractivity contribution is 0.0783. The van der Waals surface area contributed by atoms with Crippen molar-refractivity contribution in [2.24, 2.45) is 0 Å². The molecule has 0 saturated carbocycles. The van der Waals surface area contributed by atoms with Crippen LogP contribution in [0.3, 0.4) is 0 Å². The highest BCUT2D eigenvalue weighted by atomic mass is 35.5. The summed E-state index contributed by atoms with van der Waals surface area (Å²) in [5.74, 6) is 0.122. The monoisotopic (exact) mass is 328 g/mol. The van der Waals surface area contributed by atoms with Crippen LogP contribution in [0.5, 0.6) is 0 Å². The molecule has 4 heteroatoms. The van der Waals surface area contributed by atoms with Gasteiger partial charge in [0, 0.05) is 29.7 Å². The number of carbonyl (C=O) groups excluding carboxylic acids is 1. The maximum atomic E-state index is 12.6. The maximum absolute atomic E-state index is 12.6. The predicted octanol–water partition coefficient (Wildman–Crippen LogP) is 3.78. The smallest absolute Gasteiger partial charge is 0.253 e. The first kappa shape index (κ1) is 16.0. The van der Waals surface area contributed by atoms with E-state index in [1.807, 2.05) is 53.4 Å². The molecule has 1 amide bonds. The minimum atomic E-state index is 0.122. The Hall–Kier alpha value is -1.84. The molecule has 3 rings (SSSR count). The molecular formula is C19H21ClN2O. The largest absolute Gasteiger partial charge is 0.337 e. The Morgan fingerprint density at radius 2 is 1.61 bits per heavy atom. The van der Waals surface area contributed by atoms with Gasteiger partial charge in [-0.15, -0.1) is 0 Å². The van der Waals surface area contributed by atoms with Crippen molar-refractivity contribution in [1.29, 1.82) is 0 Å². The zero-order chi connectivity index (χ0) is 16.4. The lowest BCUT2D eigenvalue weighted by atomic mass is 10.0. The molecule has 23 heavy (non-hydrogen) atoms. The van der Waals surface area contributed by atoms with Gasteiger partial charge in [-0.1, -0.05) is 35.9 Å². The minimum Gasteiger partial charge on any atom is -0.337 e. The van der Waals surface area contributed by atoms with Crippen molar-refractivity contribution in [3.8, 4) is 11.1 Å². The van der Waals surface area contributed by atoms with Crippen LogP contribution in [0.2, 0.25) is 5.02 Å². The molecule has 120 valence electrons. The van der Waals surface area contributed by atoms with Gasteiger partial charge in [-0.2, -0.15) is 0 Å². The van der Waals surface area contributed by atoms with Gasteiger partial charge in [0.25, 0.3) is 5.91 Å². The number of amides is 1. The number of likely N-dealkylation sites (N-methyl/N-ethyl adjacent to an activating group) is 1. The van der Waals surface area contributed by atoms with E-state index < -0.39 is 0 Å². The van der Waals surface area contributed by atoms with Crippen LogP contribution < -0.4 is 0 Å². The number of hydrogen-bond donors (Lipinski definition) is 0. The Labute approximate surface area is 142 Å².